The number of likely N-dealkylation sites (tertiary alicyclic amines) is 1. The van der Waals surface area contributed by atoms with E-state index >= 15 is 0 Å². The topological polar surface area (TPSA) is 32.7 Å². The predicted molar refractivity (Wildman–Crippen MR) is 153 cm³/mol. The van der Waals surface area contributed by atoms with Gasteiger partial charge in [-0.05, 0) is 22.3 Å². The fourth-order valence-electron chi connectivity index (χ4n) is 5.78. The lowest BCUT2D eigenvalue weighted by Crippen LogP contribution is -2.77. The maximum Gasteiger partial charge on any atom is 0.245 e. The van der Waals surface area contributed by atoms with Gasteiger partial charge in [0.05, 0.1) is 0 Å². The number of carbonyl (C=O) groups is 1. The van der Waals surface area contributed by atoms with E-state index in [-0.39, 0.29) is 5.91 Å². The molecule has 1 amide bonds. The number of hydrogen-bond donors (Lipinski definition) is 0. The summed E-state index contributed by atoms with van der Waals surface area (Å²) in [6, 6.07) is 50.7. The van der Waals surface area contributed by atoms with Gasteiger partial charge < -0.3 is 4.90 Å². The van der Waals surface area contributed by atoms with Gasteiger partial charge in [0.15, 0.2) is 5.66 Å². The fourth-order valence-corrected chi connectivity index (χ4v) is 5.78. The Labute approximate surface area is 223 Å². The third-order valence-corrected chi connectivity index (χ3v) is 7.45. The molecule has 3 heteroatoms. The van der Waals surface area contributed by atoms with Gasteiger partial charge in [0, 0.05) is 18.3 Å². The van der Waals surface area contributed by atoms with Crippen LogP contribution in [0.1, 0.15) is 27.8 Å². The van der Waals surface area contributed by atoms with Gasteiger partial charge in [-0.25, -0.2) is 0 Å². The van der Waals surface area contributed by atoms with Crippen LogP contribution in [0, 0.1) is 0 Å². The average Bonchev–Trinajstić information content (AvgIpc) is 3.00. The number of carbonyl (C=O) groups excluding carboxylic acids is 1. The summed E-state index contributed by atoms with van der Waals surface area (Å²) in [5.41, 5.74) is 2.80. The second kappa shape index (κ2) is 9.95. The van der Waals surface area contributed by atoms with Crippen LogP contribution < -0.4 is 0 Å². The van der Waals surface area contributed by atoms with E-state index in [1.54, 1.807) is 0 Å². The summed E-state index contributed by atoms with van der Waals surface area (Å²) in [4.78, 5) is 22.1. The van der Waals surface area contributed by atoms with Crippen molar-refractivity contribution in [3.63, 3.8) is 0 Å². The number of nitrogens with zero attached hydrogens (tertiary/aromatic N) is 2. The first-order valence-electron chi connectivity index (χ1n) is 12.9. The van der Waals surface area contributed by atoms with Crippen LogP contribution >= 0.6 is 0 Å². The van der Waals surface area contributed by atoms with Gasteiger partial charge in [-0.1, -0.05) is 152 Å². The Hall–Kier alpha value is -4.76. The van der Waals surface area contributed by atoms with Crippen molar-refractivity contribution in [3.8, 4) is 0 Å². The highest BCUT2D eigenvalue weighted by Crippen LogP contribution is 2.61. The molecule has 1 aliphatic rings. The lowest BCUT2D eigenvalue weighted by molar-refractivity contribution is -0.176. The lowest BCUT2D eigenvalue weighted by Gasteiger charge is -2.63. The second-order valence-corrected chi connectivity index (χ2v) is 9.57. The van der Waals surface area contributed by atoms with E-state index in [1.807, 2.05) is 114 Å². The van der Waals surface area contributed by atoms with Crippen LogP contribution in [-0.2, 0) is 22.4 Å². The Kier molecular flexibility index (Phi) is 6.19. The normalized spacial score (nSPS) is 18.3. The van der Waals surface area contributed by atoms with Gasteiger partial charge in [-0.3, -0.25) is 9.79 Å². The summed E-state index contributed by atoms with van der Waals surface area (Å²) in [5.74, 6) is 0.0350. The maximum atomic E-state index is 14.7. The van der Waals surface area contributed by atoms with E-state index in [1.165, 1.54) is 0 Å². The summed E-state index contributed by atoms with van der Waals surface area (Å²) >= 11 is 0. The number of rotatable bonds is 7. The first-order chi connectivity index (χ1) is 18.8. The van der Waals surface area contributed by atoms with Crippen molar-refractivity contribution in [2.45, 2.75) is 17.6 Å². The molecule has 1 heterocycles. The van der Waals surface area contributed by atoms with E-state index in [0.717, 1.165) is 27.8 Å². The minimum absolute atomic E-state index is 0.0350. The Bertz CT molecular complexity index is 1500. The van der Waals surface area contributed by atoms with Gasteiger partial charge in [-0.15, -0.1) is 0 Å². The Morgan fingerprint density at radius 2 is 0.974 bits per heavy atom. The molecule has 1 atom stereocenters. The third kappa shape index (κ3) is 3.67. The number of amides is 1. The first-order valence-corrected chi connectivity index (χ1v) is 12.9. The molecule has 0 aliphatic carbocycles. The zero-order valence-corrected chi connectivity index (χ0v) is 21.0. The number of hydrogen-bond acceptors (Lipinski definition) is 2. The molecule has 5 aromatic rings. The molecule has 1 saturated heterocycles. The molecule has 0 bridgehead atoms. The summed E-state index contributed by atoms with van der Waals surface area (Å²) in [5, 5.41) is 0. The second-order valence-electron chi connectivity index (χ2n) is 9.57. The van der Waals surface area contributed by atoms with E-state index in [0.29, 0.717) is 6.54 Å². The third-order valence-electron chi connectivity index (χ3n) is 7.45. The van der Waals surface area contributed by atoms with Crippen LogP contribution in [0.25, 0.3) is 0 Å². The van der Waals surface area contributed by atoms with Crippen molar-refractivity contribution in [1.82, 2.24) is 4.90 Å². The number of aliphatic imine (C=N–C) groups is 1. The molecule has 38 heavy (non-hydrogen) atoms. The monoisotopic (exact) mass is 492 g/mol. The Balaban J connectivity index is 1.67. The molecule has 0 aromatic heterocycles. The molecular formula is C35H28N2O. The largest absolute Gasteiger partial charge is 0.307 e. The zero-order chi connectivity index (χ0) is 25.8. The van der Waals surface area contributed by atoms with Gasteiger partial charge in [0.1, 0.15) is 5.41 Å². The summed E-state index contributed by atoms with van der Waals surface area (Å²) in [6.07, 6.45) is 1.91. The highest BCUT2D eigenvalue weighted by molar-refractivity contribution is 6.02. The zero-order valence-electron chi connectivity index (χ0n) is 21.0. The number of benzene rings is 5. The van der Waals surface area contributed by atoms with Crippen molar-refractivity contribution in [1.29, 1.82) is 0 Å². The lowest BCUT2D eigenvalue weighted by atomic mass is 9.55. The molecule has 5 aromatic carbocycles. The van der Waals surface area contributed by atoms with E-state index in [9.17, 15) is 4.79 Å². The van der Waals surface area contributed by atoms with Crippen LogP contribution in [0.4, 0.5) is 0 Å². The Morgan fingerprint density at radius 1 is 0.553 bits per heavy atom. The van der Waals surface area contributed by atoms with Crippen LogP contribution in [0.2, 0.25) is 0 Å². The van der Waals surface area contributed by atoms with Crippen molar-refractivity contribution in [2.75, 3.05) is 0 Å². The van der Waals surface area contributed by atoms with Crippen molar-refractivity contribution >= 4 is 12.1 Å². The van der Waals surface area contributed by atoms with Crippen LogP contribution in [0.5, 0.6) is 0 Å². The van der Waals surface area contributed by atoms with Crippen molar-refractivity contribution in [3.05, 3.63) is 179 Å². The van der Waals surface area contributed by atoms with Crippen LogP contribution in [0.3, 0.4) is 0 Å². The van der Waals surface area contributed by atoms with Crippen LogP contribution in [-0.4, -0.2) is 17.0 Å². The van der Waals surface area contributed by atoms with Gasteiger partial charge in [0.25, 0.3) is 0 Å². The molecule has 3 nitrogen and oxygen atoms in total. The molecule has 0 spiro atoms. The molecule has 1 unspecified atom stereocenters. The standard InChI is InChI=1S/C35H28N2O/c38-33-34(30-20-10-3-11-21-30,31-22-12-4-13-23-31)35(32-24-14-5-15-25-32,36-26-28-16-6-1-7-17-28)37(33)27-29-18-8-2-9-19-29/h1-26H,27H2/b36-26+. The highest BCUT2D eigenvalue weighted by atomic mass is 16.2. The molecular weight excluding hydrogens is 464 g/mol. The minimum atomic E-state index is -1.04. The molecule has 0 saturated carbocycles. The average molecular weight is 493 g/mol. The molecule has 1 aliphatic heterocycles. The smallest absolute Gasteiger partial charge is 0.245 e. The molecule has 0 radical (unpaired) electrons. The van der Waals surface area contributed by atoms with Crippen molar-refractivity contribution in [2.24, 2.45) is 4.99 Å². The van der Waals surface area contributed by atoms with Gasteiger partial charge in [0.2, 0.25) is 5.91 Å². The molecule has 184 valence electrons. The quantitative estimate of drug-likeness (QED) is 0.178. The summed E-state index contributed by atoms with van der Waals surface area (Å²) in [7, 11) is 0. The summed E-state index contributed by atoms with van der Waals surface area (Å²) < 4.78 is 0. The van der Waals surface area contributed by atoms with Gasteiger partial charge in [-0.2, -0.15) is 0 Å². The van der Waals surface area contributed by atoms with Gasteiger partial charge >= 0.3 is 0 Å². The van der Waals surface area contributed by atoms with Crippen LogP contribution in [0.15, 0.2) is 157 Å². The van der Waals surface area contributed by atoms with E-state index in [4.69, 9.17) is 4.99 Å². The fraction of sp³-hybridized carbons (Fsp3) is 0.0857. The SMILES string of the molecule is O=C1N(Cc2ccccc2)C(/N=C/c2ccccc2)(c2ccccc2)C1(c1ccccc1)c1ccccc1. The highest BCUT2D eigenvalue weighted by Gasteiger charge is 2.73. The molecule has 6 rings (SSSR count). The first kappa shape index (κ1) is 23.6. The number of β-lactam (4-membered cyclic amide) rings is 1. The van der Waals surface area contributed by atoms with E-state index in [2.05, 4.69) is 48.5 Å². The van der Waals surface area contributed by atoms with E-state index < -0.39 is 11.1 Å². The summed E-state index contributed by atoms with van der Waals surface area (Å²) in [6.45, 7) is 0.447. The minimum Gasteiger partial charge on any atom is -0.307 e. The molecule has 1 fully saturated rings. The Morgan fingerprint density at radius 3 is 1.47 bits per heavy atom. The maximum absolute atomic E-state index is 14.7. The van der Waals surface area contributed by atoms with Crippen molar-refractivity contribution < 1.29 is 4.79 Å². The predicted octanol–water partition coefficient (Wildman–Crippen LogP) is 6.99. The molecule has 0 N–H and O–H groups in total.